The van der Waals surface area contributed by atoms with Crippen molar-refractivity contribution in [1.29, 1.82) is 0 Å². The summed E-state index contributed by atoms with van der Waals surface area (Å²) in [5.74, 6) is -0.0719. The summed E-state index contributed by atoms with van der Waals surface area (Å²) in [4.78, 5) is 35.6. The number of benzene rings is 2. The Hall–Kier alpha value is -4.26. The van der Waals surface area contributed by atoms with E-state index in [-0.39, 0.29) is 47.4 Å². The van der Waals surface area contributed by atoms with Gasteiger partial charge in [0.25, 0.3) is 0 Å². The Labute approximate surface area is 274 Å². The second-order valence-electron chi connectivity index (χ2n) is 11.9. The van der Waals surface area contributed by atoms with Gasteiger partial charge in [-0.3, -0.25) is 14.5 Å². The Kier molecular flexibility index (Phi) is 10.6. The third-order valence-electron chi connectivity index (χ3n) is 7.86. The summed E-state index contributed by atoms with van der Waals surface area (Å²) in [5, 5.41) is 4.85. The Balaban J connectivity index is 1.09. The summed E-state index contributed by atoms with van der Waals surface area (Å²) in [6, 6.07) is 9.72. The highest BCUT2D eigenvalue weighted by atomic mass is 32.2. The standard InChI is InChI=1S/C34H35F4N5O3S/c1-21(2)28-18-25(35)11-16-29(28)43-31(45)19-47-33(43)40-30(44)6-4-5-22(3)17-23-7-9-24(10-8-23)32-39-20-42(41-32)26-12-14-27(15-13-26)46-34(36,37)38/h7-9,11-16,18,20-22,24H,4-6,10,17,19H2,1-3H3. The first kappa shape index (κ1) is 34.1. The maximum atomic E-state index is 13.9. The van der Waals surface area contributed by atoms with Crippen LogP contribution in [0.4, 0.5) is 23.2 Å². The molecule has 0 spiro atoms. The molecule has 2 atom stereocenters. The van der Waals surface area contributed by atoms with Crippen LogP contribution in [0.2, 0.25) is 0 Å². The Bertz CT molecular complexity index is 1700. The van der Waals surface area contributed by atoms with Crippen molar-refractivity contribution in [1.82, 2.24) is 14.8 Å². The van der Waals surface area contributed by atoms with Crippen molar-refractivity contribution in [2.24, 2.45) is 10.9 Å². The third-order valence-corrected chi connectivity index (χ3v) is 8.79. The predicted molar refractivity (Wildman–Crippen MR) is 173 cm³/mol. The minimum absolute atomic E-state index is 0.0164. The highest BCUT2D eigenvalue weighted by Crippen LogP contribution is 2.34. The molecule has 13 heteroatoms. The number of amidine groups is 1. The van der Waals surface area contributed by atoms with Gasteiger partial charge in [0.15, 0.2) is 11.0 Å². The summed E-state index contributed by atoms with van der Waals surface area (Å²) >= 11 is 1.22. The van der Waals surface area contributed by atoms with Crippen LogP contribution in [-0.2, 0) is 9.59 Å². The molecule has 2 amide bonds. The molecule has 3 aromatic rings. The van der Waals surface area contributed by atoms with Gasteiger partial charge in [0.1, 0.15) is 17.9 Å². The van der Waals surface area contributed by atoms with E-state index in [9.17, 15) is 27.2 Å². The first-order valence-electron chi connectivity index (χ1n) is 15.4. The molecule has 0 bridgehead atoms. The van der Waals surface area contributed by atoms with Gasteiger partial charge in [-0.25, -0.2) is 14.1 Å². The number of nitrogens with zero attached hydrogens (tertiary/aromatic N) is 5. The van der Waals surface area contributed by atoms with Gasteiger partial charge in [-0.2, -0.15) is 10.1 Å². The number of alkyl halides is 3. The summed E-state index contributed by atoms with van der Waals surface area (Å²) in [6.45, 7) is 5.99. The average Bonchev–Trinajstić information content (AvgIpc) is 3.64. The van der Waals surface area contributed by atoms with Crippen LogP contribution in [0.1, 0.15) is 76.1 Å². The molecule has 1 fully saturated rings. The first-order chi connectivity index (χ1) is 22.4. The lowest BCUT2D eigenvalue weighted by Crippen LogP contribution is -2.31. The highest BCUT2D eigenvalue weighted by molar-refractivity contribution is 8.15. The predicted octanol–water partition coefficient (Wildman–Crippen LogP) is 8.26. The van der Waals surface area contributed by atoms with Gasteiger partial charge < -0.3 is 4.74 Å². The van der Waals surface area contributed by atoms with Crippen LogP contribution < -0.4 is 9.64 Å². The van der Waals surface area contributed by atoms with Crippen LogP contribution in [-0.4, -0.2) is 43.9 Å². The zero-order valence-corrected chi connectivity index (χ0v) is 27.0. The van der Waals surface area contributed by atoms with E-state index in [1.807, 2.05) is 13.8 Å². The molecule has 2 aromatic carbocycles. The number of aliphatic imine (C=N–C) groups is 1. The van der Waals surface area contributed by atoms with E-state index in [1.54, 1.807) is 6.07 Å². The number of ether oxygens (including phenoxy) is 1. The molecule has 2 heterocycles. The van der Waals surface area contributed by atoms with Crippen LogP contribution in [0.5, 0.6) is 5.75 Å². The lowest BCUT2D eigenvalue weighted by atomic mass is 9.89. The molecule has 2 unspecified atom stereocenters. The van der Waals surface area contributed by atoms with Crippen molar-refractivity contribution in [3.05, 3.63) is 89.8 Å². The molecular formula is C34H35F4N5O3S. The first-order valence-corrected chi connectivity index (χ1v) is 16.4. The molecule has 1 saturated heterocycles. The molecule has 1 aromatic heterocycles. The maximum Gasteiger partial charge on any atom is 0.573 e. The Morgan fingerprint density at radius 2 is 1.91 bits per heavy atom. The fourth-order valence-corrected chi connectivity index (χ4v) is 6.40. The number of aromatic nitrogens is 3. The summed E-state index contributed by atoms with van der Waals surface area (Å²) < 4.78 is 56.6. The summed E-state index contributed by atoms with van der Waals surface area (Å²) in [6.07, 6.45) is 6.38. The van der Waals surface area contributed by atoms with Gasteiger partial charge in [0, 0.05) is 12.3 Å². The molecule has 5 rings (SSSR count). The molecule has 248 valence electrons. The van der Waals surface area contributed by atoms with Crippen LogP contribution in [0.15, 0.2) is 77.6 Å². The largest absolute Gasteiger partial charge is 0.573 e. The van der Waals surface area contributed by atoms with Gasteiger partial charge in [-0.1, -0.05) is 56.3 Å². The molecule has 0 saturated carbocycles. The van der Waals surface area contributed by atoms with Crippen molar-refractivity contribution >= 4 is 34.4 Å². The highest BCUT2D eigenvalue weighted by Gasteiger charge is 2.33. The zero-order valence-electron chi connectivity index (χ0n) is 26.2. The lowest BCUT2D eigenvalue weighted by Gasteiger charge is -2.21. The molecule has 2 aliphatic rings. The molecular weight excluding hydrogens is 634 g/mol. The molecule has 47 heavy (non-hydrogen) atoms. The van der Waals surface area contributed by atoms with Gasteiger partial charge in [0.05, 0.1) is 17.1 Å². The normalized spacial score (nSPS) is 18.3. The van der Waals surface area contributed by atoms with Crippen molar-refractivity contribution in [3.8, 4) is 11.4 Å². The van der Waals surface area contributed by atoms with Crippen molar-refractivity contribution in [3.63, 3.8) is 0 Å². The van der Waals surface area contributed by atoms with Crippen molar-refractivity contribution < 1.29 is 31.9 Å². The van der Waals surface area contributed by atoms with E-state index in [0.29, 0.717) is 40.3 Å². The van der Waals surface area contributed by atoms with Crippen LogP contribution in [0.3, 0.4) is 0 Å². The lowest BCUT2D eigenvalue weighted by molar-refractivity contribution is -0.274. The molecule has 0 radical (unpaired) electrons. The number of amides is 2. The maximum absolute atomic E-state index is 13.9. The minimum atomic E-state index is -4.75. The number of anilines is 1. The van der Waals surface area contributed by atoms with Gasteiger partial charge in [0.2, 0.25) is 11.8 Å². The number of allylic oxidation sites excluding steroid dienone is 4. The van der Waals surface area contributed by atoms with Gasteiger partial charge in [-0.05, 0) is 85.5 Å². The Morgan fingerprint density at radius 3 is 2.60 bits per heavy atom. The fourth-order valence-electron chi connectivity index (χ4n) is 5.52. The smallest absolute Gasteiger partial charge is 0.406 e. The van der Waals surface area contributed by atoms with Crippen molar-refractivity contribution in [2.45, 2.75) is 71.1 Å². The van der Waals surface area contributed by atoms with Crippen LogP contribution >= 0.6 is 11.8 Å². The monoisotopic (exact) mass is 669 g/mol. The van der Waals surface area contributed by atoms with E-state index in [4.69, 9.17) is 0 Å². The quantitative estimate of drug-likeness (QED) is 0.191. The van der Waals surface area contributed by atoms with Crippen molar-refractivity contribution in [2.75, 3.05) is 10.7 Å². The number of carbonyl (C=O) groups is 2. The van der Waals surface area contributed by atoms with E-state index in [0.717, 1.165) is 19.3 Å². The van der Waals surface area contributed by atoms with E-state index in [2.05, 4.69) is 45.0 Å². The third kappa shape index (κ3) is 8.97. The number of carbonyl (C=O) groups excluding carboxylic acids is 2. The summed E-state index contributed by atoms with van der Waals surface area (Å²) in [7, 11) is 0. The van der Waals surface area contributed by atoms with Crippen LogP contribution in [0, 0.1) is 11.7 Å². The number of rotatable bonds is 11. The SMILES string of the molecule is CC(CCCC(=O)N=C1SCC(=O)N1c1ccc(F)cc1C(C)C)CC1=CCC(c2ncn(-c3ccc(OC(F)(F)F)cc3)n2)C=C1. The summed E-state index contributed by atoms with van der Waals surface area (Å²) in [5.41, 5.74) is 3.00. The van der Waals surface area contributed by atoms with E-state index < -0.39 is 6.36 Å². The number of hydrogen-bond acceptors (Lipinski definition) is 6. The number of halogens is 4. The average molecular weight is 670 g/mol. The zero-order chi connectivity index (χ0) is 33.7. The van der Waals surface area contributed by atoms with E-state index >= 15 is 0 Å². The molecule has 1 aliphatic carbocycles. The molecule has 1 aliphatic heterocycles. The van der Waals surface area contributed by atoms with Gasteiger partial charge >= 0.3 is 6.36 Å². The molecule has 0 N–H and O–H groups in total. The van der Waals surface area contributed by atoms with Crippen LogP contribution in [0.25, 0.3) is 5.69 Å². The fraction of sp³-hybridized carbons (Fsp3) is 0.382. The number of hydrogen-bond donors (Lipinski definition) is 0. The number of thioether (sulfide) groups is 1. The Morgan fingerprint density at radius 1 is 1.15 bits per heavy atom. The molecule has 8 nitrogen and oxygen atoms in total. The second kappa shape index (κ2) is 14.7. The van der Waals surface area contributed by atoms with Gasteiger partial charge in [-0.15, -0.1) is 13.2 Å². The van der Waals surface area contributed by atoms with E-state index in [1.165, 1.54) is 69.6 Å². The second-order valence-corrected chi connectivity index (χ2v) is 12.9. The topological polar surface area (TPSA) is 89.7 Å². The minimum Gasteiger partial charge on any atom is -0.406 e.